The third kappa shape index (κ3) is 2.96. The number of phosphoric ester groups is 1. The van der Waals surface area contributed by atoms with E-state index in [0.717, 1.165) is 0 Å². The quantitative estimate of drug-likeness (QED) is 0.642. The molecule has 128 valence electrons. The Labute approximate surface area is 138 Å². The average Bonchev–Trinajstić information content (AvgIpc) is 2.98. The minimum atomic E-state index is -4.28. The van der Waals surface area contributed by atoms with E-state index in [1.54, 1.807) is 31.2 Å². The summed E-state index contributed by atoms with van der Waals surface area (Å²) in [5.41, 5.74) is 0.708. The summed E-state index contributed by atoms with van der Waals surface area (Å²) in [7, 11) is -4.28. The number of hydrogen-bond donors (Lipinski definition) is 1. The van der Waals surface area contributed by atoms with Gasteiger partial charge in [-0.1, -0.05) is 30.8 Å². The maximum absolute atomic E-state index is 12.6. The topological polar surface area (TPSA) is 99.1 Å². The molecule has 1 aliphatic carbocycles. The molecular formula is C16H17O7P. The Hall–Kier alpha value is -1.79. The summed E-state index contributed by atoms with van der Waals surface area (Å²) >= 11 is 0. The first-order valence-electron chi connectivity index (χ1n) is 7.52. The number of phosphoric acid groups is 1. The van der Waals surface area contributed by atoms with E-state index in [9.17, 15) is 19.0 Å². The summed E-state index contributed by atoms with van der Waals surface area (Å²) in [5.74, 6) is -1.23. The number of rotatable bonds is 5. The molecule has 1 aromatic rings. The van der Waals surface area contributed by atoms with Crippen molar-refractivity contribution in [2.24, 2.45) is 5.92 Å². The minimum Gasteiger partial charge on any atom is -0.406 e. The lowest BCUT2D eigenvalue weighted by atomic mass is 9.79. The van der Waals surface area contributed by atoms with Crippen LogP contribution in [0.1, 0.15) is 34.1 Å². The second-order valence-corrected chi connectivity index (χ2v) is 6.98. The van der Waals surface area contributed by atoms with Crippen molar-refractivity contribution in [3.8, 4) is 0 Å². The molecule has 1 aromatic carbocycles. The van der Waals surface area contributed by atoms with Gasteiger partial charge in [-0.3, -0.25) is 19.0 Å². The van der Waals surface area contributed by atoms with Gasteiger partial charge in [0.2, 0.25) is 0 Å². The highest BCUT2D eigenvalue weighted by Crippen LogP contribution is 2.48. The molecule has 1 aliphatic heterocycles. The van der Waals surface area contributed by atoms with Crippen molar-refractivity contribution in [2.45, 2.75) is 25.6 Å². The number of carbonyl (C=O) groups is 2. The van der Waals surface area contributed by atoms with Crippen LogP contribution in [0.5, 0.6) is 0 Å². The van der Waals surface area contributed by atoms with Crippen molar-refractivity contribution >= 4 is 19.4 Å². The molecule has 0 aromatic heterocycles. The van der Waals surface area contributed by atoms with Crippen LogP contribution in [0.3, 0.4) is 0 Å². The minimum absolute atomic E-state index is 0.00981. The Bertz CT molecular complexity index is 714. The van der Waals surface area contributed by atoms with Crippen LogP contribution in [0.4, 0.5) is 0 Å². The van der Waals surface area contributed by atoms with E-state index in [1.807, 2.05) is 0 Å². The molecule has 4 atom stereocenters. The zero-order valence-corrected chi connectivity index (χ0v) is 13.9. The highest BCUT2D eigenvalue weighted by Gasteiger charge is 2.50. The van der Waals surface area contributed by atoms with Gasteiger partial charge in [-0.25, -0.2) is 4.57 Å². The molecular weight excluding hydrogens is 335 g/mol. The lowest BCUT2D eigenvalue weighted by Gasteiger charge is -2.23. The second-order valence-electron chi connectivity index (χ2n) is 5.61. The van der Waals surface area contributed by atoms with E-state index in [0.29, 0.717) is 11.1 Å². The molecule has 8 heteroatoms. The van der Waals surface area contributed by atoms with Crippen molar-refractivity contribution < 1.29 is 32.8 Å². The van der Waals surface area contributed by atoms with Gasteiger partial charge in [0.25, 0.3) is 0 Å². The second kappa shape index (κ2) is 6.26. The third-order valence-electron chi connectivity index (χ3n) is 4.08. The van der Waals surface area contributed by atoms with E-state index < -0.39 is 25.9 Å². The van der Waals surface area contributed by atoms with Crippen LogP contribution in [0.25, 0.3) is 0 Å². The van der Waals surface area contributed by atoms with Gasteiger partial charge in [-0.05, 0) is 13.3 Å². The smallest absolute Gasteiger partial charge is 0.406 e. The van der Waals surface area contributed by atoms with E-state index in [2.05, 4.69) is 11.1 Å². The normalized spacial score (nSPS) is 28.0. The zero-order valence-electron chi connectivity index (χ0n) is 13.0. The molecule has 3 rings (SSSR count). The number of fused-ring (bicyclic) bond motifs is 2. The molecule has 2 aliphatic rings. The van der Waals surface area contributed by atoms with Crippen LogP contribution in [0, 0.1) is 5.92 Å². The van der Waals surface area contributed by atoms with E-state index >= 15 is 0 Å². The van der Waals surface area contributed by atoms with Crippen molar-refractivity contribution in [3.05, 3.63) is 47.7 Å². The number of Topliss-reactive ketones (excluding diaryl/α,β-unsaturated/α-hetero) is 2. The molecule has 7 nitrogen and oxygen atoms in total. The largest absolute Gasteiger partial charge is 0.527 e. The van der Waals surface area contributed by atoms with Crippen LogP contribution in [0.15, 0.2) is 36.6 Å². The number of carbonyl (C=O) groups excluding carboxylic acids is 2. The first-order chi connectivity index (χ1) is 11.3. The molecule has 0 saturated carbocycles. The Balaban J connectivity index is 1.79. The number of ketones is 2. The fraction of sp³-hybridized carbons (Fsp3) is 0.375. The van der Waals surface area contributed by atoms with Gasteiger partial charge in [-0.15, -0.1) is 0 Å². The SMILES string of the molecule is C=C(OP(=O)(O)OCC)C1CC2C(=O)c3ccccc3C(=O)C2O1. The van der Waals surface area contributed by atoms with Crippen LogP contribution < -0.4 is 0 Å². The fourth-order valence-corrected chi connectivity index (χ4v) is 3.83. The van der Waals surface area contributed by atoms with E-state index in [-0.39, 0.29) is 30.4 Å². The van der Waals surface area contributed by atoms with Gasteiger partial charge in [0.05, 0.1) is 12.5 Å². The maximum Gasteiger partial charge on any atom is 0.527 e. The van der Waals surface area contributed by atoms with Gasteiger partial charge in [-0.2, -0.15) is 0 Å². The predicted octanol–water partition coefficient (Wildman–Crippen LogP) is 2.51. The summed E-state index contributed by atoms with van der Waals surface area (Å²) < 4.78 is 26.7. The van der Waals surface area contributed by atoms with Crippen molar-refractivity contribution in [2.75, 3.05) is 6.61 Å². The highest BCUT2D eigenvalue weighted by molar-refractivity contribution is 7.47. The summed E-state index contributed by atoms with van der Waals surface area (Å²) in [6.07, 6.45) is -1.60. The molecule has 1 fully saturated rings. The monoisotopic (exact) mass is 352 g/mol. The molecule has 0 bridgehead atoms. The highest BCUT2D eigenvalue weighted by atomic mass is 31.2. The van der Waals surface area contributed by atoms with Crippen molar-refractivity contribution in [1.29, 1.82) is 0 Å². The first-order valence-corrected chi connectivity index (χ1v) is 9.02. The molecule has 0 radical (unpaired) electrons. The van der Waals surface area contributed by atoms with Crippen LogP contribution in [-0.4, -0.2) is 35.3 Å². The van der Waals surface area contributed by atoms with Gasteiger partial charge >= 0.3 is 7.82 Å². The Kier molecular flexibility index (Phi) is 4.44. The summed E-state index contributed by atoms with van der Waals surface area (Å²) in [5, 5.41) is 0. The Morgan fingerprint density at radius 3 is 2.58 bits per heavy atom. The predicted molar refractivity (Wildman–Crippen MR) is 83.5 cm³/mol. The van der Waals surface area contributed by atoms with Crippen molar-refractivity contribution in [3.63, 3.8) is 0 Å². The molecule has 4 unspecified atom stereocenters. The standard InChI is InChI=1S/C16H17O7P/c1-3-21-24(19,20)23-9(2)13-8-12-14(17)10-6-4-5-7-11(10)15(18)16(12)22-13/h4-7,12-13,16H,2-3,8H2,1H3,(H,19,20). The Morgan fingerprint density at radius 1 is 1.33 bits per heavy atom. The number of benzene rings is 1. The number of ether oxygens (including phenoxy) is 1. The van der Waals surface area contributed by atoms with Crippen LogP contribution in [-0.2, 0) is 18.3 Å². The molecule has 24 heavy (non-hydrogen) atoms. The molecule has 0 amide bonds. The van der Waals surface area contributed by atoms with E-state index in [1.165, 1.54) is 0 Å². The fourth-order valence-electron chi connectivity index (χ4n) is 3.04. The molecule has 0 spiro atoms. The number of hydrogen-bond acceptors (Lipinski definition) is 6. The molecule has 1 saturated heterocycles. The van der Waals surface area contributed by atoms with Crippen molar-refractivity contribution in [1.82, 2.24) is 0 Å². The summed E-state index contributed by atoms with van der Waals surface area (Å²) in [6.45, 7) is 5.12. The lowest BCUT2D eigenvalue weighted by molar-refractivity contribution is 0.0264. The first kappa shape index (κ1) is 17.0. The molecule has 1 N–H and O–H groups in total. The van der Waals surface area contributed by atoms with Gasteiger partial charge in [0.1, 0.15) is 18.0 Å². The Morgan fingerprint density at radius 2 is 1.96 bits per heavy atom. The zero-order chi connectivity index (χ0) is 17.5. The van der Waals surface area contributed by atoms with Gasteiger partial charge < -0.3 is 9.26 Å². The molecule has 1 heterocycles. The summed E-state index contributed by atoms with van der Waals surface area (Å²) in [6, 6.07) is 6.58. The van der Waals surface area contributed by atoms with Gasteiger partial charge in [0.15, 0.2) is 11.6 Å². The van der Waals surface area contributed by atoms with Gasteiger partial charge in [0, 0.05) is 11.1 Å². The van der Waals surface area contributed by atoms with Crippen LogP contribution in [0.2, 0.25) is 0 Å². The lowest BCUT2D eigenvalue weighted by Crippen LogP contribution is -2.38. The van der Waals surface area contributed by atoms with E-state index in [4.69, 9.17) is 9.26 Å². The third-order valence-corrected chi connectivity index (χ3v) is 5.13. The summed E-state index contributed by atoms with van der Waals surface area (Å²) in [4.78, 5) is 34.6. The van der Waals surface area contributed by atoms with Crippen LogP contribution >= 0.6 is 7.82 Å². The average molecular weight is 352 g/mol. The maximum atomic E-state index is 12.6.